The van der Waals surface area contributed by atoms with Gasteiger partial charge in [0, 0.05) is 24.0 Å². The average molecular weight is 372 g/mol. The normalized spacial score (nSPS) is 15.4. The number of piperidine rings is 1. The maximum Gasteiger partial charge on any atom is 0.228 e. The second-order valence-electron chi connectivity index (χ2n) is 7.00. The molecule has 26 heavy (non-hydrogen) atoms. The van der Waals surface area contributed by atoms with E-state index in [0.717, 1.165) is 61.7 Å². The van der Waals surface area contributed by atoms with Gasteiger partial charge in [0.05, 0.1) is 12.1 Å². The lowest BCUT2D eigenvalue weighted by Crippen LogP contribution is -2.41. The highest BCUT2D eigenvalue weighted by Gasteiger charge is 2.23. The molecule has 4 nitrogen and oxygen atoms in total. The van der Waals surface area contributed by atoms with E-state index in [4.69, 9.17) is 0 Å². The first-order valence-corrected chi connectivity index (χ1v) is 10.6. The van der Waals surface area contributed by atoms with Crippen LogP contribution in [0.1, 0.15) is 37.9 Å². The SMILES string of the molecule is CCNCC1CCN(C(=O)Cc2csc(-c3ccc(CC)cc3)n2)CC1. The summed E-state index contributed by atoms with van der Waals surface area (Å²) >= 11 is 1.62. The fourth-order valence-electron chi connectivity index (χ4n) is 3.41. The van der Waals surface area contributed by atoms with Crippen molar-refractivity contribution in [2.24, 2.45) is 5.92 Å². The molecule has 140 valence electrons. The largest absolute Gasteiger partial charge is 0.342 e. The minimum Gasteiger partial charge on any atom is -0.342 e. The van der Waals surface area contributed by atoms with Gasteiger partial charge in [-0.1, -0.05) is 38.1 Å². The molecule has 0 unspecified atom stereocenters. The van der Waals surface area contributed by atoms with Crippen molar-refractivity contribution in [3.63, 3.8) is 0 Å². The van der Waals surface area contributed by atoms with Crippen LogP contribution in [-0.2, 0) is 17.6 Å². The van der Waals surface area contributed by atoms with Crippen molar-refractivity contribution in [3.8, 4) is 10.6 Å². The number of aromatic nitrogens is 1. The molecule has 0 spiro atoms. The second kappa shape index (κ2) is 9.28. The Kier molecular flexibility index (Phi) is 6.80. The molecule has 0 bridgehead atoms. The number of carbonyl (C=O) groups is 1. The Bertz CT molecular complexity index is 702. The van der Waals surface area contributed by atoms with E-state index in [9.17, 15) is 4.79 Å². The Morgan fingerprint density at radius 2 is 1.96 bits per heavy atom. The summed E-state index contributed by atoms with van der Waals surface area (Å²) in [5, 5.41) is 6.44. The molecule has 0 saturated carbocycles. The molecule has 1 fully saturated rings. The van der Waals surface area contributed by atoms with Crippen LogP contribution in [0.5, 0.6) is 0 Å². The highest BCUT2D eigenvalue weighted by molar-refractivity contribution is 7.13. The number of benzene rings is 1. The summed E-state index contributed by atoms with van der Waals surface area (Å²) in [5.41, 5.74) is 3.36. The molecule has 1 saturated heterocycles. The summed E-state index contributed by atoms with van der Waals surface area (Å²) in [6.45, 7) is 8.15. The highest BCUT2D eigenvalue weighted by Crippen LogP contribution is 2.25. The van der Waals surface area contributed by atoms with Crippen molar-refractivity contribution in [2.75, 3.05) is 26.2 Å². The molecule has 3 rings (SSSR count). The predicted octanol–water partition coefficient (Wildman–Crippen LogP) is 3.76. The van der Waals surface area contributed by atoms with Crippen LogP contribution in [0.3, 0.4) is 0 Å². The average Bonchev–Trinajstić information content (AvgIpc) is 3.15. The molecule has 1 aromatic carbocycles. The van der Waals surface area contributed by atoms with Crippen LogP contribution in [-0.4, -0.2) is 42.0 Å². The Labute approximate surface area is 160 Å². The summed E-state index contributed by atoms with van der Waals surface area (Å²) in [5.74, 6) is 0.918. The van der Waals surface area contributed by atoms with Gasteiger partial charge in [0.25, 0.3) is 0 Å². The first kappa shape index (κ1) is 19.1. The lowest BCUT2D eigenvalue weighted by atomic mass is 9.96. The van der Waals surface area contributed by atoms with E-state index in [1.54, 1.807) is 11.3 Å². The van der Waals surface area contributed by atoms with Gasteiger partial charge in [-0.25, -0.2) is 4.98 Å². The van der Waals surface area contributed by atoms with E-state index < -0.39 is 0 Å². The van der Waals surface area contributed by atoms with Crippen LogP contribution < -0.4 is 5.32 Å². The van der Waals surface area contributed by atoms with Gasteiger partial charge in [-0.05, 0) is 43.8 Å². The van der Waals surface area contributed by atoms with E-state index in [2.05, 4.69) is 48.4 Å². The van der Waals surface area contributed by atoms with Crippen molar-refractivity contribution in [1.29, 1.82) is 0 Å². The lowest BCUT2D eigenvalue weighted by molar-refractivity contribution is -0.131. The van der Waals surface area contributed by atoms with Crippen LogP contribution in [0.2, 0.25) is 0 Å². The topological polar surface area (TPSA) is 45.2 Å². The molecule has 1 aromatic heterocycles. The molecule has 0 aliphatic carbocycles. The zero-order chi connectivity index (χ0) is 18.4. The smallest absolute Gasteiger partial charge is 0.228 e. The van der Waals surface area contributed by atoms with E-state index in [1.807, 2.05) is 10.3 Å². The first-order chi connectivity index (χ1) is 12.7. The van der Waals surface area contributed by atoms with Crippen molar-refractivity contribution in [2.45, 2.75) is 39.5 Å². The van der Waals surface area contributed by atoms with Crippen LogP contribution in [0.25, 0.3) is 10.6 Å². The van der Waals surface area contributed by atoms with Gasteiger partial charge in [-0.2, -0.15) is 0 Å². The molecule has 1 N–H and O–H groups in total. The third-order valence-corrected chi connectivity index (χ3v) is 6.08. The van der Waals surface area contributed by atoms with Crippen LogP contribution >= 0.6 is 11.3 Å². The molecule has 0 radical (unpaired) electrons. The van der Waals surface area contributed by atoms with Crippen molar-refractivity contribution < 1.29 is 4.79 Å². The van der Waals surface area contributed by atoms with Gasteiger partial charge >= 0.3 is 0 Å². The van der Waals surface area contributed by atoms with Crippen LogP contribution in [0.4, 0.5) is 0 Å². The van der Waals surface area contributed by atoms with Crippen LogP contribution in [0, 0.1) is 5.92 Å². The Morgan fingerprint density at radius 1 is 1.23 bits per heavy atom. The number of nitrogens with zero attached hydrogens (tertiary/aromatic N) is 2. The number of hydrogen-bond donors (Lipinski definition) is 1. The van der Waals surface area contributed by atoms with Crippen molar-refractivity contribution in [3.05, 3.63) is 40.9 Å². The minimum absolute atomic E-state index is 0.213. The Morgan fingerprint density at radius 3 is 2.62 bits per heavy atom. The lowest BCUT2D eigenvalue weighted by Gasteiger charge is -2.32. The zero-order valence-corrected chi connectivity index (χ0v) is 16.6. The molecular formula is C21H29N3OS. The molecule has 2 heterocycles. The number of nitrogens with one attached hydrogen (secondary N) is 1. The molecule has 0 atom stereocenters. The molecule has 5 heteroatoms. The number of aryl methyl sites for hydroxylation is 1. The second-order valence-corrected chi connectivity index (χ2v) is 7.86. The van der Waals surface area contributed by atoms with Gasteiger partial charge in [0.2, 0.25) is 5.91 Å². The summed E-state index contributed by atoms with van der Waals surface area (Å²) in [7, 11) is 0. The van der Waals surface area contributed by atoms with Gasteiger partial charge in [0.1, 0.15) is 5.01 Å². The predicted molar refractivity (Wildman–Crippen MR) is 108 cm³/mol. The maximum atomic E-state index is 12.6. The maximum absolute atomic E-state index is 12.6. The number of carbonyl (C=O) groups excluding carboxylic acids is 1. The van der Waals surface area contributed by atoms with Gasteiger partial charge in [-0.3, -0.25) is 4.79 Å². The Balaban J connectivity index is 1.53. The van der Waals surface area contributed by atoms with E-state index >= 15 is 0 Å². The van der Waals surface area contributed by atoms with Crippen LogP contribution in [0.15, 0.2) is 29.6 Å². The van der Waals surface area contributed by atoms with Gasteiger partial charge in [-0.15, -0.1) is 11.3 Å². The summed E-state index contributed by atoms with van der Waals surface area (Å²) in [6.07, 6.45) is 3.67. The summed E-state index contributed by atoms with van der Waals surface area (Å²) < 4.78 is 0. The number of likely N-dealkylation sites (tertiary alicyclic amines) is 1. The first-order valence-electron chi connectivity index (χ1n) is 9.71. The van der Waals surface area contributed by atoms with Crippen molar-refractivity contribution >= 4 is 17.2 Å². The number of thiazole rings is 1. The number of rotatable bonds is 7. The molecule has 1 aliphatic rings. The standard InChI is InChI=1S/C21H29N3OS/c1-3-16-5-7-18(8-6-16)21-23-19(15-26-21)13-20(25)24-11-9-17(10-12-24)14-22-4-2/h5-8,15,17,22H,3-4,9-14H2,1-2H3. The van der Waals surface area contributed by atoms with E-state index in [-0.39, 0.29) is 5.91 Å². The molecule has 1 amide bonds. The summed E-state index contributed by atoms with van der Waals surface area (Å²) in [6, 6.07) is 8.55. The number of hydrogen-bond acceptors (Lipinski definition) is 4. The third-order valence-electron chi connectivity index (χ3n) is 5.14. The third kappa shape index (κ3) is 4.92. The van der Waals surface area contributed by atoms with Crippen molar-refractivity contribution in [1.82, 2.24) is 15.2 Å². The van der Waals surface area contributed by atoms with Gasteiger partial charge < -0.3 is 10.2 Å². The molecule has 1 aliphatic heterocycles. The molecule has 2 aromatic rings. The fraction of sp³-hybridized carbons (Fsp3) is 0.524. The molecular weight excluding hydrogens is 342 g/mol. The quantitative estimate of drug-likeness (QED) is 0.806. The van der Waals surface area contributed by atoms with Gasteiger partial charge in [0.15, 0.2) is 0 Å². The summed E-state index contributed by atoms with van der Waals surface area (Å²) in [4.78, 5) is 19.3. The van der Waals surface area contributed by atoms with E-state index in [1.165, 1.54) is 5.56 Å². The minimum atomic E-state index is 0.213. The monoisotopic (exact) mass is 371 g/mol. The fourth-order valence-corrected chi connectivity index (χ4v) is 4.23. The highest BCUT2D eigenvalue weighted by atomic mass is 32.1. The number of amides is 1. The zero-order valence-electron chi connectivity index (χ0n) is 15.8. The Hall–Kier alpha value is -1.72. The van der Waals surface area contributed by atoms with E-state index in [0.29, 0.717) is 12.3 Å².